The molecule has 0 aliphatic heterocycles. The molecule has 5 heteroatoms. The van der Waals surface area contributed by atoms with Crippen molar-refractivity contribution in [2.24, 2.45) is 0 Å². The summed E-state index contributed by atoms with van der Waals surface area (Å²) in [6, 6.07) is 5.21. The van der Waals surface area contributed by atoms with Crippen LogP contribution in [-0.4, -0.2) is 16.7 Å². The largest absolute Gasteiger partial charge is 0.311 e. The lowest BCUT2D eigenvalue weighted by Crippen LogP contribution is -2.11. The number of aromatic amines is 1. The maximum Gasteiger partial charge on any atom is 0.135 e. The second-order valence-corrected chi connectivity index (χ2v) is 3.68. The van der Waals surface area contributed by atoms with E-state index in [-0.39, 0.29) is 0 Å². The van der Waals surface area contributed by atoms with Crippen LogP contribution in [0.4, 0.5) is 8.78 Å². The Bertz CT molecular complexity index is 508. The van der Waals surface area contributed by atoms with Crippen molar-refractivity contribution in [3.05, 3.63) is 41.6 Å². The Morgan fingerprint density at radius 1 is 1.29 bits per heavy atom. The van der Waals surface area contributed by atoms with Crippen LogP contribution >= 0.6 is 0 Å². The molecule has 2 rings (SSSR count). The van der Waals surface area contributed by atoms with Gasteiger partial charge in [0.1, 0.15) is 11.6 Å². The van der Waals surface area contributed by atoms with E-state index >= 15 is 0 Å². The average Bonchev–Trinajstić information content (AvgIpc) is 2.75. The summed E-state index contributed by atoms with van der Waals surface area (Å²) in [5, 5.41) is 9.94. The van der Waals surface area contributed by atoms with E-state index in [0.717, 1.165) is 18.3 Å². The monoisotopic (exact) mass is 237 g/mol. The van der Waals surface area contributed by atoms with Crippen molar-refractivity contribution in [2.75, 3.05) is 6.54 Å². The molecule has 2 aromatic rings. The van der Waals surface area contributed by atoms with Crippen LogP contribution in [0.2, 0.25) is 0 Å². The van der Waals surface area contributed by atoms with Gasteiger partial charge in [-0.05, 0) is 24.7 Å². The number of H-pyrrole nitrogens is 1. The highest BCUT2D eigenvalue weighted by Crippen LogP contribution is 2.21. The highest BCUT2D eigenvalue weighted by atomic mass is 19.1. The third kappa shape index (κ3) is 2.68. The molecule has 0 bridgehead atoms. The number of aromatic nitrogens is 2. The van der Waals surface area contributed by atoms with E-state index in [1.165, 1.54) is 12.1 Å². The van der Waals surface area contributed by atoms with Crippen molar-refractivity contribution < 1.29 is 8.78 Å². The molecular weight excluding hydrogens is 224 g/mol. The van der Waals surface area contributed by atoms with Gasteiger partial charge in [0.05, 0.1) is 5.69 Å². The first kappa shape index (κ1) is 11.7. The zero-order valence-corrected chi connectivity index (χ0v) is 9.43. The summed E-state index contributed by atoms with van der Waals surface area (Å²) in [4.78, 5) is 0. The van der Waals surface area contributed by atoms with E-state index in [0.29, 0.717) is 17.8 Å². The quantitative estimate of drug-likeness (QED) is 0.857. The zero-order valence-electron chi connectivity index (χ0n) is 9.43. The van der Waals surface area contributed by atoms with Crippen LogP contribution in [0.1, 0.15) is 12.6 Å². The number of rotatable bonds is 4. The number of nitrogens with zero attached hydrogens (tertiary/aromatic N) is 1. The molecule has 0 atom stereocenters. The molecule has 3 nitrogen and oxygen atoms in total. The average molecular weight is 237 g/mol. The molecular formula is C12H13F2N3. The highest BCUT2D eigenvalue weighted by molar-refractivity contribution is 5.59. The SMILES string of the molecule is CCNCc1cc(-c2ccc(F)cc2F)n[nH]1. The van der Waals surface area contributed by atoms with Crippen molar-refractivity contribution in [3.63, 3.8) is 0 Å². The maximum absolute atomic E-state index is 13.5. The summed E-state index contributed by atoms with van der Waals surface area (Å²) in [5.41, 5.74) is 1.64. The molecule has 17 heavy (non-hydrogen) atoms. The van der Waals surface area contributed by atoms with Gasteiger partial charge >= 0.3 is 0 Å². The normalized spacial score (nSPS) is 10.8. The van der Waals surface area contributed by atoms with Gasteiger partial charge in [-0.2, -0.15) is 5.10 Å². The molecule has 0 radical (unpaired) electrons. The Labute approximate surface area is 97.9 Å². The van der Waals surface area contributed by atoms with Crippen LogP contribution in [0.25, 0.3) is 11.3 Å². The maximum atomic E-state index is 13.5. The lowest BCUT2D eigenvalue weighted by Gasteiger charge is -1.98. The molecule has 0 saturated carbocycles. The Balaban J connectivity index is 2.24. The number of halogens is 2. The molecule has 0 fully saturated rings. The molecule has 0 saturated heterocycles. The van der Waals surface area contributed by atoms with Crippen LogP contribution in [0.15, 0.2) is 24.3 Å². The molecule has 0 aliphatic rings. The van der Waals surface area contributed by atoms with Gasteiger partial charge in [-0.3, -0.25) is 5.10 Å². The summed E-state index contributed by atoms with van der Waals surface area (Å²) >= 11 is 0. The predicted octanol–water partition coefficient (Wildman–Crippen LogP) is 2.46. The number of benzene rings is 1. The fourth-order valence-electron chi connectivity index (χ4n) is 1.55. The van der Waals surface area contributed by atoms with Crippen molar-refractivity contribution in [1.29, 1.82) is 0 Å². The van der Waals surface area contributed by atoms with E-state index in [1.807, 2.05) is 6.92 Å². The van der Waals surface area contributed by atoms with Crippen LogP contribution in [-0.2, 0) is 6.54 Å². The molecule has 1 aromatic carbocycles. The first-order valence-corrected chi connectivity index (χ1v) is 5.41. The summed E-state index contributed by atoms with van der Waals surface area (Å²) < 4.78 is 26.2. The first-order chi connectivity index (χ1) is 8.20. The third-order valence-corrected chi connectivity index (χ3v) is 2.40. The lowest BCUT2D eigenvalue weighted by molar-refractivity contribution is 0.585. The molecule has 0 amide bonds. The summed E-state index contributed by atoms with van der Waals surface area (Å²) in [7, 11) is 0. The standard InChI is InChI=1S/C12H13F2N3/c1-2-15-7-9-6-12(17-16-9)10-4-3-8(13)5-11(10)14/h3-6,15H,2,7H2,1H3,(H,16,17). The van der Waals surface area contributed by atoms with E-state index in [1.54, 1.807) is 6.07 Å². The second kappa shape index (κ2) is 5.05. The third-order valence-electron chi connectivity index (χ3n) is 2.40. The van der Waals surface area contributed by atoms with Crippen molar-refractivity contribution in [1.82, 2.24) is 15.5 Å². The predicted molar refractivity (Wildman–Crippen MR) is 61.3 cm³/mol. The number of nitrogens with one attached hydrogen (secondary N) is 2. The number of hydrogen-bond donors (Lipinski definition) is 2. The van der Waals surface area contributed by atoms with Gasteiger partial charge < -0.3 is 5.32 Å². The second-order valence-electron chi connectivity index (χ2n) is 3.68. The fraction of sp³-hybridized carbons (Fsp3) is 0.250. The van der Waals surface area contributed by atoms with Crippen LogP contribution < -0.4 is 5.32 Å². The lowest BCUT2D eigenvalue weighted by atomic mass is 10.1. The van der Waals surface area contributed by atoms with Gasteiger partial charge in [-0.15, -0.1) is 0 Å². The fourth-order valence-corrected chi connectivity index (χ4v) is 1.55. The summed E-state index contributed by atoms with van der Waals surface area (Å²) in [5.74, 6) is -1.19. The topological polar surface area (TPSA) is 40.7 Å². The Morgan fingerprint density at radius 3 is 2.82 bits per heavy atom. The van der Waals surface area contributed by atoms with Gasteiger partial charge in [-0.25, -0.2) is 8.78 Å². The first-order valence-electron chi connectivity index (χ1n) is 5.41. The molecule has 1 heterocycles. The van der Waals surface area contributed by atoms with Crippen molar-refractivity contribution in [3.8, 4) is 11.3 Å². The van der Waals surface area contributed by atoms with E-state index < -0.39 is 11.6 Å². The molecule has 0 spiro atoms. The molecule has 1 aromatic heterocycles. The van der Waals surface area contributed by atoms with Gasteiger partial charge in [0.25, 0.3) is 0 Å². The van der Waals surface area contributed by atoms with Crippen LogP contribution in [0, 0.1) is 11.6 Å². The van der Waals surface area contributed by atoms with Crippen LogP contribution in [0.3, 0.4) is 0 Å². The molecule has 90 valence electrons. The smallest absolute Gasteiger partial charge is 0.135 e. The van der Waals surface area contributed by atoms with Crippen molar-refractivity contribution >= 4 is 0 Å². The summed E-state index contributed by atoms with van der Waals surface area (Å²) in [6.45, 7) is 3.49. The zero-order chi connectivity index (χ0) is 12.3. The Morgan fingerprint density at radius 2 is 2.12 bits per heavy atom. The molecule has 0 unspecified atom stereocenters. The van der Waals surface area contributed by atoms with E-state index in [2.05, 4.69) is 15.5 Å². The minimum Gasteiger partial charge on any atom is -0.311 e. The minimum absolute atomic E-state index is 0.297. The number of hydrogen-bond acceptors (Lipinski definition) is 2. The van der Waals surface area contributed by atoms with Crippen molar-refractivity contribution in [2.45, 2.75) is 13.5 Å². The summed E-state index contributed by atoms with van der Waals surface area (Å²) in [6.07, 6.45) is 0. The van der Waals surface area contributed by atoms with E-state index in [4.69, 9.17) is 0 Å². The Hall–Kier alpha value is -1.75. The van der Waals surface area contributed by atoms with Gasteiger partial charge in [0.2, 0.25) is 0 Å². The van der Waals surface area contributed by atoms with Gasteiger partial charge in [0, 0.05) is 23.9 Å². The Kier molecular flexibility index (Phi) is 3.49. The van der Waals surface area contributed by atoms with Gasteiger partial charge in [0.15, 0.2) is 0 Å². The van der Waals surface area contributed by atoms with Crippen LogP contribution in [0.5, 0.6) is 0 Å². The minimum atomic E-state index is -0.605. The van der Waals surface area contributed by atoms with Gasteiger partial charge in [-0.1, -0.05) is 6.92 Å². The highest BCUT2D eigenvalue weighted by Gasteiger charge is 2.09. The van der Waals surface area contributed by atoms with E-state index in [9.17, 15) is 8.78 Å². The molecule has 0 aliphatic carbocycles. The molecule has 2 N–H and O–H groups in total.